The molecule has 0 bridgehead atoms. The molecular formula is C20H24N2O3. The zero-order valence-corrected chi connectivity index (χ0v) is 14.5. The van der Waals surface area contributed by atoms with E-state index in [-0.39, 0.29) is 12.0 Å². The van der Waals surface area contributed by atoms with Gasteiger partial charge in [-0.25, -0.2) is 4.98 Å². The second kappa shape index (κ2) is 8.74. The van der Waals surface area contributed by atoms with Crippen LogP contribution in [0, 0.1) is 0 Å². The van der Waals surface area contributed by atoms with Gasteiger partial charge in [-0.05, 0) is 43.9 Å². The first kappa shape index (κ1) is 17.6. The first-order chi connectivity index (χ1) is 12.2. The third-order valence-corrected chi connectivity index (χ3v) is 4.31. The Morgan fingerprint density at radius 2 is 2.12 bits per heavy atom. The fourth-order valence-corrected chi connectivity index (χ4v) is 2.84. The number of ether oxygens (including phenoxy) is 2. The van der Waals surface area contributed by atoms with Crippen LogP contribution in [-0.4, -0.2) is 36.3 Å². The highest BCUT2D eigenvalue weighted by molar-refractivity contribution is 5.96. The molecule has 2 atom stereocenters. The second-order valence-electron chi connectivity index (χ2n) is 6.22. The summed E-state index contributed by atoms with van der Waals surface area (Å²) in [7, 11) is 0. The summed E-state index contributed by atoms with van der Waals surface area (Å²) in [6, 6.07) is 13.7. The van der Waals surface area contributed by atoms with E-state index in [0.717, 1.165) is 37.0 Å². The quantitative estimate of drug-likeness (QED) is 0.872. The minimum atomic E-state index is -0.559. The number of rotatable bonds is 6. The fraction of sp³-hybridized carbons (Fsp3) is 0.400. The molecule has 3 rings (SSSR count). The zero-order valence-electron chi connectivity index (χ0n) is 14.5. The van der Waals surface area contributed by atoms with Crippen molar-refractivity contribution >= 4 is 11.7 Å². The van der Waals surface area contributed by atoms with Crippen LogP contribution < -0.4 is 5.32 Å². The molecule has 1 fully saturated rings. The van der Waals surface area contributed by atoms with Crippen molar-refractivity contribution in [3.63, 3.8) is 0 Å². The lowest BCUT2D eigenvalue weighted by atomic mass is 10.1. The summed E-state index contributed by atoms with van der Waals surface area (Å²) < 4.78 is 11.3. The van der Waals surface area contributed by atoms with Gasteiger partial charge >= 0.3 is 0 Å². The molecule has 1 N–H and O–H groups in total. The number of amides is 1. The standard InChI is InChI=1S/C20H24N2O3/c1-15(25-14-17-10-5-6-13-24-17)20(23)22-19-18(11-7-12-21-19)16-8-3-2-4-9-16/h2-4,7-9,11-12,15,17H,5-6,10,13-14H2,1H3,(H,21,22,23)/t15-,17+/m0/s1. The second-order valence-corrected chi connectivity index (χ2v) is 6.22. The van der Waals surface area contributed by atoms with Gasteiger partial charge in [-0.2, -0.15) is 0 Å². The van der Waals surface area contributed by atoms with Gasteiger partial charge in [0.2, 0.25) is 0 Å². The predicted octanol–water partition coefficient (Wildman–Crippen LogP) is 3.66. The number of anilines is 1. The summed E-state index contributed by atoms with van der Waals surface area (Å²) in [5.74, 6) is 0.342. The number of hydrogen-bond donors (Lipinski definition) is 1. The molecule has 1 aliphatic heterocycles. The van der Waals surface area contributed by atoms with Crippen molar-refractivity contribution < 1.29 is 14.3 Å². The summed E-state index contributed by atoms with van der Waals surface area (Å²) in [5, 5.41) is 2.88. The highest BCUT2D eigenvalue weighted by Crippen LogP contribution is 2.25. The third-order valence-electron chi connectivity index (χ3n) is 4.31. The Labute approximate surface area is 148 Å². The van der Waals surface area contributed by atoms with E-state index in [4.69, 9.17) is 9.47 Å². The van der Waals surface area contributed by atoms with Gasteiger partial charge in [0.05, 0.1) is 12.7 Å². The third kappa shape index (κ3) is 4.87. The van der Waals surface area contributed by atoms with E-state index in [2.05, 4.69) is 10.3 Å². The number of pyridine rings is 1. The van der Waals surface area contributed by atoms with E-state index in [1.807, 2.05) is 42.5 Å². The fourth-order valence-electron chi connectivity index (χ4n) is 2.84. The van der Waals surface area contributed by atoms with Crippen molar-refractivity contribution in [2.45, 2.75) is 38.4 Å². The molecule has 0 radical (unpaired) electrons. The number of nitrogens with zero attached hydrogens (tertiary/aromatic N) is 1. The Morgan fingerprint density at radius 3 is 2.88 bits per heavy atom. The zero-order chi connectivity index (χ0) is 17.5. The van der Waals surface area contributed by atoms with E-state index in [1.165, 1.54) is 0 Å². The molecule has 5 heteroatoms. The van der Waals surface area contributed by atoms with Crippen molar-refractivity contribution in [3.8, 4) is 11.1 Å². The highest BCUT2D eigenvalue weighted by atomic mass is 16.5. The van der Waals surface area contributed by atoms with E-state index >= 15 is 0 Å². The van der Waals surface area contributed by atoms with Crippen LogP contribution in [0.25, 0.3) is 11.1 Å². The first-order valence-corrected chi connectivity index (χ1v) is 8.78. The van der Waals surface area contributed by atoms with Gasteiger partial charge in [0, 0.05) is 18.4 Å². The molecule has 0 aliphatic carbocycles. The molecule has 0 unspecified atom stereocenters. The molecule has 1 amide bonds. The molecule has 5 nitrogen and oxygen atoms in total. The summed E-state index contributed by atoms with van der Waals surface area (Å²) >= 11 is 0. The van der Waals surface area contributed by atoms with Gasteiger partial charge < -0.3 is 14.8 Å². The maximum absolute atomic E-state index is 12.5. The smallest absolute Gasteiger partial charge is 0.254 e. The highest BCUT2D eigenvalue weighted by Gasteiger charge is 2.20. The number of benzene rings is 1. The summed E-state index contributed by atoms with van der Waals surface area (Å²) in [5.41, 5.74) is 1.90. The minimum absolute atomic E-state index is 0.0960. The van der Waals surface area contributed by atoms with E-state index in [0.29, 0.717) is 12.4 Å². The van der Waals surface area contributed by atoms with Crippen LogP contribution in [0.15, 0.2) is 48.7 Å². The number of nitrogens with one attached hydrogen (secondary N) is 1. The van der Waals surface area contributed by atoms with Gasteiger partial charge in [0.25, 0.3) is 5.91 Å². The molecule has 2 aromatic rings. The van der Waals surface area contributed by atoms with Crippen LogP contribution in [0.2, 0.25) is 0 Å². The Kier molecular flexibility index (Phi) is 6.14. The number of carbonyl (C=O) groups is 1. The van der Waals surface area contributed by atoms with Crippen molar-refractivity contribution in [3.05, 3.63) is 48.7 Å². The topological polar surface area (TPSA) is 60.5 Å². The molecule has 1 aromatic carbocycles. The van der Waals surface area contributed by atoms with Crippen LogP contribution in [0.5, 0.6) is 0 Å². The summed E-state index contributed by atoms with van der Waals surface area (Å²) in [6.45, 7) is 2.98. The molecule has 1 aromatic heterocycles. The summed E-state index contributed by atoms with van der Waals surface area (Å²) in [4.78, 5) is 16.8. The Morgan fingerprint density at radius 1 is 1.28 bits per heavy atom. The minimum Gasteiger partial charge on any atom is -0.376 e. The average Bonchev–Trinajstić information content (AvgIpc) is 2.68. The largest absolute Gasteiger partial charge is 0.376 e. The molecule has 0 saturated carbocycles. The van der Waals surface area contributed by atoms with Gasteiger partial charge in [0.15, 0.2) is 0 Å². The maximum atomic E-state index is 12.5. The number of aromatic nitrogens is 1. The van der Waals surface area contributed by atoms with Crippen LogP contribution in [0.4, 0.5) is 5.82 Å². The van der Waals surface area contributed by atoms with Crippen LogP contribution in [0.3, 0.4) is 0 Å². The molecule has 0 spiro atoms. The normalized spacial score (nSPS) is 18.5. The molecule has 1 aliphatic rings. The predicted molar refractivity (Wildman–Crippen MR) is 97.3 cm³/mol. The van der Waals surface area contributed by atoms with Gasteiger partial charge in [-0.15, -0.1) is 0 Å². The lowest BCUT2D eigenvalue weighted by Crippen LogP contribution is -2.33. The van der Waals surface area contributed by atoms with Crippen LogP contribution in [-0.2, 0) is 14.3 Å². The number of hydrogen-bond acceptors (Lipinski definition) is 4. The van der Waals surface area contributed by atoms with E-state index in [9.17, 15) is 4.79 Å². The molecule has 2 heterocycles. The lowest BCUT2D eigenvalue weighted by molar-refractivity contribution is -0.130. The molecule has 25 heavy (non-hydrogen) atoms. The molecule has 132 valence electrons. The Balaban J connectivity index is 1.61. The van der Waals surface area contributed by atoms with Gasteiger partial charge in [-0.3, -0.25) is 4.79 Å². The van der Waals surface area contributed by atoms with Crippen molar-refractivity contribution in [2.75, 3.05) is 18.5 Å². The Hall–Kier alpha value is -2.24. The summed E-state index contributed by atoms with van der Waals surface area (Å²) in [6.07, 6.45) is 4.46. The molecule has 1 saturated heterocycles. The molecular weight excluding hydrogens is 316 g/mol. The van der Waals surface area contributed by atoms with Gasteiger partial charge in [0.1, 0.15) is 11.9 Å². The maximum Gasteiger partial charge on any atom is 0.254 e. The lowest BCUT2D eigenvalue weighted by Gasteiger charge is -2.24. The Bertz CT molecular complexity index is 684. The van der Waals surface area contributed by atoms with Crippen molar-refractivity contribution in [1.82, 2.24) is 4.98 Å². The van der Waals surface area contributed by atoms with Crippen LogP contribution >= 0.6 is 0 Å². The van der Waals surface area contributed by atoms with Gasteiger partial charge in [-0.1, -0.05) is 30.3 Å². The van der Waals surface area contributed by atoms with E-state index < -0.39 is 6.10 Å². The van der Waals surface area contributed by atoms with Crippen molar-refractivity contribution in [2.24, 2.45) is 0 Å². The SMILES string of the molecule is C[C@H](OC[C@H]1CCCCO1)C(=O)Nc1ncccc1-c1ccccc1. The van der Waals surface area contributed by atoms with Crippen molar-refractivity contribution in [1.29, 1.82) is 0 Å². The van der Waals surface area contributed by atoms with Crippen LogP contribution in [0.1, 0.15) is 26.2 Å². The first-order valence-electron chi connectivity index (χ1n) is 8.78. The number of carbonyl (C=O) groups excluding carboxylic acids is 1. The van der Waals surface area contributed by atoms with E-state index in [1.54, 1.807) is 13.1 Å². The monoisotopic (exact) mass is 340 g/mol. The average molecular weight is 340 g/mol.